The third kappa shape index (κ3) is 3.75. The molecule has 1 fully saturated rings. The van der Waals surface area contributed by atoms with Gasteiger partial charge in [-0.15, -0.1) is 0 Å². The maximum atomic E-state index is 14.3. The van der Waals surface area contributed by atoms with Gasteiger partial charge in [0.25, 0.3) is 11.1 Å². The molecule has 7 heteroatoms. The summed E-state index contributed by atoms with van der Waals surface area (Å²) in [5.41, 5.74) is 3.74. The molecule has 0 unspecified atom stereocenters. The molecule has 4 nitrogen and oxygen atoms in total. The first-order valence-corrected chi connectivity index (χ1v) is 10.9. The number of aryl methyl sites for hydroxylation is 1. The van der Waals surface area contributed by atoms with E-state index in [4.69, 9.17) is 0 Å². The Labute approximate surface area is 186 Å². The number of halogens is 2. The number of benzene rings is 2. The van der Waals surface area contributed by atoms with Crippen molar-refractivity contribution in [3.05, 3.63) is 92.3 Å². The van der Waals surface area contributed by atoms with Gasteiger partial charge in [0, 0.05) is 15.9 Å². The first-order chi connectivity index (χ1) is 14.4. The number of carbonyl (C=O) groups excluding carboxylic acids is 2. The summed E-state index contributed by atoms with van der Waals surface area (Å²) in [6.07, 6.45) is 1.71. The highest BCUT2D eigenvalue weighted by Gasteiger charge is 2.35. The first-order valence-electron chi connectivity index (χ1n) is 9.29. The summed E-state index contributed by atoms with van der Waals surface area (Å²) in [6.45, 7) is 3.96. The van der Waals surface area contributed by atoms with Gasteiger partial charge < -0.3 is 4.57 Å². The SMILES string of the molecule is Cc1cc(/C=C2\SC(=O)N(Cc3ccccc3Br)C2=O)c(C)n1-c1ccccc1F. The van der Waals surface area contributed by atoms with Crippen LogP contribution in [0, 0.1) is 19.7 Å². The lowest BCUT2D eigenvalue weighted by Gasteiger charge is -2.13. The van der Waals surface area contributed by atoms with E-state index in [-0.39, 0.29) is 23.5 Å². The molecule has 0 atom stereocenters. The van der Waals surface area contributed by atoms with Crippen LogP contribution in [0.15, 0.2) is 64.0 Å². The van der Waals surface area contributed by atoms with Gasteiger partial charge in [-0.05, 0) is 67.1 Å². The summed E-state index contributed by atoms with van der Waals surface area (Å²) in [6, 6.07) is 16.0. The van der Waals surface area contributed by atoms with Gasteiger partial charge in [0.2, 0.25) is 0 Å². The first kappa shape index (κ1) is 20.6. The Morgan fingerprint density at radius 1 is 1.07 bits per heavy atom. The van der Waals surface area contributed by atoms with Crippen LogP contribution >= 0.6 is 27.7 Å². The van der Waals surface area contributed by atoms with Gasteiger partial charge in [-0.1, -0.05) is 46.3 Å². The van der Waals surface area contributed by atoms with E-state index in [1.807, 2.05) is 48.7 Å². The number of thioether (sulfide) groups is 1. The Kier molecular flexibility index (Phi) is 5.66. The topological polar surface area (TPSA) is 42.3 Å². The van der Waals surface area contributed by atoms with Gasteiger partial charge in [0.1, 0.15) is 5.82 Å². The quantitative estimate of drug-likeness (QED) is 0.412. The van der Waals surface area contributed by atoms with Crippen molar-refractivity contribution >= 4 is 44.9 Å². The predicted molar refractivity (Wildman–Crippen MR) is 121 cm³/mol. The lowest BCUT2D eigenvalue weighted by molar-refractivity contribution is -0.123. The summed E-state index contributed by atoms with van der Waals surface area (Å²) in [5, 5.41) is -0.301. The molecule has 0 saturated carbocycles. The number of imide groups is 1. The molecule has 0 N–H and O–H groups in total. The number of para-hydroxylation sites is 1. The molecular weight excluding hydrogens is 467 g/mol. The second-order valence-corrected chi connectivity index (χ2v) is 8.82. The summed E-state index contributed by atoms with van der Waals surface area (Å²) < 4.78 is 17.0. The molecule has 152 valence electrons. The van der Waals surface area contributed by atoms with E-state index in [9.17, 15) is 14.0 Å². The van der Waals surface area contributed by atoms with Crippen LogP contribution in [0.3, 0.4) is 0 Å². The maximum absolute atomic E-state index is 14.3. The summed E-state index contributed by atoms with van der Waals surface area (Å²) in [5.74, 6) is -0.643. The largest absolute Gasteiger partial charge is 0.315 e. The lowest BCUT2D eigenvalue weighted by atomic mass is 10.2. The number of hydrogen-bond acceptors (Lipinski definition) is 3. The van der Waals surface area contributed by atoms with E-state index in [1.54, 1.807) is 24.3 Å². The van der Waals surface area contributed by atoms with Gasteiger partial charge in [0.05, 0.1) is 17.1 Å². The van der Waals surface area contributed by atoms with Crippen LogP contribution in [-0.4, -0.2) is 20.6 Å². The second kappa shape index (κ2) is 8.24. The van der Waals surface area contributed by atoms with E-state index in [1.165, 1.54) is 11.0 Å². The minimum Gasteiger partial charge on any atom is -0.315 e. The van der Waals surface area contributed by atoms with Crippen molar-refractivity contribution < 1.29 is 14.0 Å². The Morgan fingerprint density at radius 3 is 2.50 bits per heavy atom. The molecule has 3 aromatic rings. The minimum atomic E-state index is -0.323. The van der Waals surface area contributed by atoms with E-state index in [0.29, 0.717) is 10.6 Å². The van der Waals surface area contributed by atoms with E-state index >= 15 is 0 Å². The molecule has 30 heavy (non-hydrogen) atoms. The van der Waals surface area contributed by atoms with Crippen LogP contribution < -0.4 is 0 Å². The van der Waals surface area contributed by atoms with Crippen molar-refractivity contribution in [1.29, 1.82) is 0 Å². The lowest BCUT2D eigenvalue weighted by Crippen LogP contribution is -2.27. The van der Waals surface area contributed by atoms with Crippen molar-refractivity contribution in [2.75, 3.05) is 0 Å². The molecule has 4 rings (SSSR count). The van der Waals surface area contributed by atoms with Gasteiger partial charge in [-0.3, -0.25) is 14.5 Å². The number of nitrogens with zero attached hydrogens (tertiary/aromatic N) is 2. The normalized spacial score (nSPS) is 15.5. The third-order valence-electron chi connectivity index (χ3n) is 5.01. The van der Waals surface area contributed by atoms with Crippen LogP contribution in [0.5, 0.6) is 0 Å². The average Bonchev–Trinajstić information content (AvgIpc) is 3.14. The smallest absolute Gasteiger partial charge is 0.293 e. The zero-order chi connectivity index (χ0) is 21.4. The summed E-state index contributed by atoms with van der Waals surface area (Å²) in [4.78, 5) is 27.0. The Balaban J connectivity index is 1.66. The monoisotopic (exact) mass is 484 g/mol. The molecule has 0 aliphatic carbocycles. The number of rotatable bonds is 4. The minimum absolute atomic E-state index is 0.206. The van der Waals surface area contributed by atoms with Crippen molar-refractivity contribution in [3.63, 3.8) is 0 Å². The fourth-order valence-electron chi connectivity index (χ4n) is 3.51. The summed E-state index contributed by atoms with van der Waals surface area (Å²) in [7, 11) is 0. The van der Waals surface area contributed by atoms with Gasteiger partial charge in [0.15, 0.2) is 0 Å². The van der Waals surface area contributed by atoms with Gasteiger partial charge in [-0.25, -0.2) is 4.39 Å². The highest BCUT2D eigenvalue weighted by atomic mass is 79.9. The van der Waals surface area contributed by atoms with Gasteiger partial charge in [-0.2, -0.15) is 0 Å². The van der Waals surface area contributed by atoms with Crippen molar-refractivity contribution in [3.8, 4) is 5.69 Å². The van der Waals surface area contributed by atoms with Crippen molar-refractivity contribution in [2.24, 2.45) is 0 Å². The van der Waals surface area contributed by atoms with E-state index < -0.39 is 0 Å². The van der Waals surface area contributed by atoms with Crippen LogP contribution in [0.1, 0.15) is 22.5 Å². The molecular formula is C23H18BrFN2O2S. The zero-order valence-corrected chi connectivity index (χ0v) is 18.8. The molecule has 1 aliphatic heterocycles. The molecule has 1 saturated heterocycles. The second-order valence-electron chi connectivity index (χ2n) is 6.97. The molecule has 1 aromatic heterocycles. The van der Waals surface area contributed by atoms with Crippen molar-refractivity contribution in [1.82, 2.24) is 9.47 Å². The van der Waals surface area contributed by atoms with Crippen molar-refractivity contribution in [2.45, 2.75) is 20.4 Å². The molecule has 2 heterocycles. The van der Waals surface area contributed by atoms with Crippen LogP contribution in [0.4, 0.5) is 9.18 Å². The molecule has 1 aliphatic rings. The van der Waals surface area contributed by atoms with Gasteiger partial charge >= 0.3 is 0 Å². The zero-order valence-electron chi connectivity index (χ0n) is 16.4. The number of aromatic nitrogens is 1. The summed E-state index contributed by atoms with van der Waals surface area (Å²) >= 11 is 4.38. The van der Waals surface area contributed by atoms with Crippen LogP contribution in [0.25, 0.3) is 11.8 Å². The Bertz CT molecular complexity index is 1200. The number of carbonyl (C=O) groups is 2. The predicted octanol–water partition coefficient (Wildman–Crippen LogP) is 6.23. The van der Waals surface area contributed by atoms with Crippen LogP contribution in [0.2, 0.25) is 0 Å². The molecule has 0 radical (unpaired) electrons. The maximum Gasteiger partial charge on any atom is 0.293 e. The fraction of sp³-hybridized carbons (Fsp3) is 0.130. The number of amides is 2. The highest BCUT2D eigenvalue weighted by Crippen LogP contribution is 2.35. The Morgan fingerprint density at radius 2 is 1.77 bits per heavy atom. The van der Waals surface area contributed by atoms with E-state index in [0.717, 1.165) is 38.7 Å². The number of hydrogen-bond donors (Lipinski definition) is 0. The van der Waals surface area contributed by atoms with Crippen LogP contribution in [-0.2, 0) is 11.3 Å². The molecule has 0 spiro atoms. The Hall–Kier alpha value is -2.64. The fourth-order valence-corrected chi connectivity index (χ4v) is 4.75. The van der Waals surface area contributed by atoms with E-state index in [2.05, 4.69) is 15.9 Å². The average molecular weight is 485 g/mol. The molecule has 2 amide bonds. The third-order valence-corrected chi connectivity index (χ3v) is 6.69. The standard InChI is InChI=1S/C23H18BrFN2O2S/c1-14-11-17(15(2)27(14)20-10-6-5-9-19(20)25)12-21-22(28)26(23(29)30-21)13-16-7-3-4-8-18(16)24/h3-12H,13H2,1-2H3/b21-12-. The molecule has 2 aromatic carbocycles. The molecule has 0 bridgehead atoms. The highest BCUT2D eigenvalue weighted by molar-refractivity contribution is 9.10.